The van der Waals surface area contributed by atoms with Crippen LogP contribution in [0.4, 0.5) is 11.5 Å². The molecular weight excluding hydrogens is 262 g/mol. The van der Waals surface area contributed by atoms with Crippen molar-refractivity contribution >= 4 is 17.3 Å². The minimum absolute atomic E-state index is 0.111. The van der Waals surface area contributed by atoms with Crippen LogP contribution in [0.5, 0.6) is 0 Å². The van der Waals surface area contributed by atoms with Gasteiger partial charge in [0.2, 0.25) is 5.82 Å². The van der Waals surface area contributed by atoms with Gasteiger partial charge < -0.3 is 15.8 Å². The molecule has 0 aliphatic carbocycles. The molecule has 0 aromatic carbocycles. The fraction of sp³-hybridized carbons (Fsp3) is 0.500. The second kappa shape index (κ2) is 4.95. The minimum atomic E-state index is -0.498. The first-order valence-electron chi connectivity index (χ1n) is 6.21. The Kier molecular flexibility index (Phi) is 3.47. The maximum absolute atomic E-state index is 11.2. The van der Waals surface area contributed by atoms with Crippen molar-refractivity contribution in [1.29, 1.82) is 0 Å². The van der Waals surface area contributed by atoms with Crippen LogP contribution >= 0.6 is 0 Å². The van der Waals surface area contributed by atoms with Gasteiger partial charge in [-0.15, -0.1) is 0 Å². The van der Waals surface area contributed by atoms with E-state index >= 15 is 0 Å². The molecule has 1 aliphatic rings. The van der Waals surface area contributed by atoms with Gasteiger partial charge in [-0.2, -0.15) is 0 Å². The SMILES string of the molecule is CC1(C)CCN(c2ncc(C(N)=NO)cc2[N+](=O)[O-])C1. The van der Waals surface area contributed by atoms with E-state index in [1.807, 2.05) is 4.90 Å². The predicted octanol–water partition coefficient (Wildman–Crippen LogP) is 1.32. The number of oxime groups is 1. The summed E-state index contributed by atoms with van der Waals surface area (Å²) >= 11 is 0. The number of nitro groups is 1. The van der Waals surface area contributed by atoms with Crippen LogP contribution < -0.4 is 10.6 Å². The summed E-state index contributed by atoms with van der Waals surface area (Å²) in [5, 5.41) is 22.6. The number of nitrogens with two attached hydrogens (primary N) is 1. The van der Waals surface area contributed by atoms with Gasteiger partial charge in [0.1, 0.15) is 0 Å². The first-order chi connectivity index (χ1) is 9.34. The smallest absolute Gasteiger partial charge is 0.312 e. The van der Waals surface area contributed by atoms with Crippen molar-refractivity contribution in [3.63, 3.8) is 0 Å². The zero-order chi connectivity index (χ0) is 14.9. The normalized spacial score (nSPS) is 18.3. The largest absolute Gasteiger partial charge is 0.409 e. The minimum Gasteiger partial charge on any atom is -0.409 e. The van der Waals surface area contributed by atoms with Crippen LogP contribution in [-0.2, 0) is 0 Å². The van der Waals surface area contributed by atoms with E-state index in [0.29, 0.717) is 12.4 Å². The Morgan fingerprint density at radius 2 is 2.35 bits per heavy atom. The maximum atomic E-state index is 11.2. The van der Waals surface area contributed by atoms with Gasteiger partial charge >= 0.3 is 5.69 Å². The Morgan fingerprint density at radius 1 is 1.65 bits per heavy atom. The standard InChI is InChI=1S/C12H17N5O3/c1-12(2)3-4-16(7-12)11-9(17(19)20)5-8(6-14-11)10(13)15-18/h5-6,18H,3-4,7H2,1-2H3,(H2,13,15). The highest BCUT2D eigenvalue weighted by Crippen LogP contribution is 2.35. The van der Waals surface area contributed by atoms with Crippen molar-refractivity contribution < 1.29 is 10.1 Å². The molecule has 0 atom stereocenters. The van der Waals surface area contributed by atoms with Gasteiger partial charge in [0.05, 0.1) is 4.92 Å². The molecule has 1 aromatic heterocycles. The average molecular weight is 279 g/mol. The summed E-state index contributed by atoms with van der Waals surface area (Å²) in [6.45, 7) is 5.67. The molecule has 1 saturated heterocycles. The molecule has 1 aromatic rings. The highest BCUT2D eigenvalue weighted by Gasteiger charge is 2.33. The highest BCUT2D eigenvalue weighted by atomic mass is 16.6. The topological polar surface area (TPSA) is 118 Å². The highest BCUT2D eigenvalue weighted by molar-refractivity contribution is 5.97. The van der Waals surface area contributed by atoms with E-state index in [1.54, 1.807) is 0 Å². The third-order valence-corrected chi connectivity index (χ3v) is 3.42. The number of rotatable bonds is 3. The van der Waals surface area contributed by atoms with Gasteiger partial charge in [0, 0.05) is 30.9 Å². The fourth-order valence-electron chi connectivity index (χ4n) is 2.31. The summed E-state index contributed by atoms with van der Waals surface area (Å²) in [4.78, 5) is 16.7. The lowest BCUT2D eigenvalue weighted by atomic mass is 9.93. The van der Waals surface area contributed by atoms with Crippen molar-refractivity contribution in [3.05, 3.63) is 27.9 Å². The molecule has 2 rings (SSSR count). The molecule has 3 N–H and O–H groups in total. The zero-order valence-corrected chi connectivity index (χ0v) is 11.4. The molecule has 1 aliphatic heterocycles. The maximum Gasteiger partial charge on any atom is 0.312 e. The third kappa shape index (κ3) is 2.63. The number of hydrogen-bond donors (Lipinski definition) is 2. The predicted molar refractivity (Wildman–Crippen MR) is 74.0 cm³/mol. The van der Waals surface area contributed by atoms with Gasteiger partial charge in [-0.1, -0.05) is 19.0 Å². The van der Waals surface area contributed by atoms with Gasteiger partial charge in [0.15, 0.2) is 5.84 Å². The van der Waals surface area contributed by atoms with E-state index in [1.165, 1.54) is 12.3 Å². The lowest BCUT2D eigenvalue weighted by molar-refractivity contribution is -0.384. The second-order valence-electron chi connectivity index (χ2n) is 5.64. The summed E-state index contributed by atoms with van der Waals surface area (Å²) < 4.78 is 0. The van der Waals surface area contributed by atoms with Crippen LogP contribution in [0.15, 0.2) is 17.4 Å². The Balaban J connectivity index is 2.41. The molecule has 108 valence electrons. The van der Waals surface area contributed by atoms with E-state index in [-0.39, 0.29) is 22.5 Å². The van der Waals surface area contributed by atoms with Crippen molar-refractivity contribution in [2.45, 2.75) is 20.3 Å². The molecule has 8 heteroatoms. The molecule has 1 fully saturated rings. The number of pyridine rings is 1. The lowest BCUT2D eigenvalue weighted by Crippen LogP contribution is -2.25. The average Bonchev–Trinajstić information content (AvgIpc) is 2.77. The van der Waals surface area contributed by atoms with Gasteiger partial charge in [-0.25, -0.2) is 4.98 Å². The molecule has 0 spiro atoms. The summed E-state index contributed by atoms with van der Waals surface area (Å²) in [6, 6.07) is 1.28. The Bertz CT molecular complexity index is 570. The first kappa shape index (κ1) is 14.0. The molecule has 0 saturated carbocycles. The van der Waals surface area contributed by atoms with Crippen molar-refractivity contribution in [2.24, 2.45) is 16.3 Å². The van der Waals surface area contributed by atoms with Crippen LogP contribution in [-0.4, -0.2) is 34.0 Å². The Morgan fingerprint density at radius 3 is 2.85 bits per heavy atom. The second-order valence-corrected chi connectivity index (χ2v) is 5.64. The molecular formula is C12H17N5O3. The zero-order valence-electron chi connectivity index (χ0n) is 11.4. The van der Waals surface area contributed by atoms with E-state index < -0.39 is 4.92 Å². The van der Waals surface area contributed by atoms with Crippen LogP contribution in [0.25, 0.3) is 0 Å². The van der Waals surface area contributed by atoms with Crippen LogP contribution in [0, 0.1) is 15.5 Å². The van der Waals surface area contributed by atoms with Gasteiger partial charge in [0.25, 0.3) is 0 Å². The Hall–Kier alpha value is -2.38. The Labute approximate surface area is 116 Å². The van der Waals surface area contributed by atoms with E-state index in [4.69, 9.17) is 10.9 Å². The molecule has 8 nitrogen and oxygen atoms in total. The molecule has 20 heavy (non-hydrogen) atoms. The van der Waals surface area contributed by atoms with Crippen molar-refractivity contribution in [3.8, 4) is 0 Å². The number of amidine groups is 1. The van der Waals surface area contributed by atoms with Gasteiger partial charge in [-0.3, -0.25) is 10.1 Å². The van der Waals surface area contributed by atoms with E-state index in [2.05, 4.69) is 24.0 Å². The summed E-state index contributed by atoms with van der Waals surface area (Å²) in [5.41, 5.74) is 5.64. The molecule has 0 amide bonds. The van der Waals surface area contributed by atoms with Gasteiger partial charge in [-0.05, 0) is 11.8 Å². The van der Waals surface area contributed by atoms with E-state index in [0.717, 1.165) is 13.0 Å². The molecule has 2 heterocycles. The van der Waals surface area contributed by atoms with Crippen molar-refractivity contribution in [2.75, 3.05) is 18.0 Å². The fourth-order valence-corrected chi connectivity index (χ4v) is 2.31. The number of hydrogen-bond acceptors (Lipinski definition) is 6. The summed E-state index contributed by atoms with van der Waals surface area (Å²) in [6.07, 6.45) is 2.33. The summed E-state index contributed by atoms with van der Waals surface area (Å²) in [7, 11) is 0. The van der Waals surface area contributed by atoms with Crippen LogP contribution in [0.2, 0.25) is 0 Å². The molecule has 0 bridgehead atoms. The van der Waals surface area contributed by atoms with Crippen LogP contribution in [0.1, 0.15) is 25.8 Å². The number of anilines is 1. The lowest BCUT2D eigenvalue weighted by Gasteiger charge is -2.20. The summed E-state index contributed by atoms with van der Waals surface area (Å²) in [5.74, 6) is 0.129. The quantitative estimate of drug-likeness (QED) is 0.283. The third-order valence-electron chi connectivity index (χ3n) is 3.42. The molecule has 0 radical (unpaired) electrons. The number of nitrogens with zero attached hydrogens (tertiary/aromatic N) is 4. The molecule has 0 unspecified atom stereocenters. The number of aromatic nitrogens is 1. The van der Waals surface area contributed by atoms with Crippen molar-refractivity contribution in [1.82, 2.24) is 4.98 Å². The monoisotopic (exact) mass is 279 g/mol. The van der Waals surface area contributed by atoms with Crippen LogP contribution in [0.3, 0.4) is 0 Å². The first-order valence-corrected chi connectivity index (χ1v) is 6.21. The van der Waals surface area contributed by atoms with E-state index in [9.17, 15) is 10.1 Å².